The van der Waals surface area contributed by atoms with Crippen molar-refractivity contribution in [2.24, 2.45) is 11.3 Å². The maximum Gasteiger partial charge on any atom is 0.168 e. The van der Waals surface area contributed by atoms with Gasteiger partial charge >= 0.3 is 0 Å². The highest BCUT2D eigenvalue weighted by Crippen LogP contribution is 2.38. The molecular formula is C13H21FO2. The number of alkyl halides is 1. The van der Waals surface area contributed by atoms with Crippen LogP contribution in [0.5, 0.6) is 0 Å². The fourth-order valence-corrected chi connectivity index (χ4v) is 2.30. The Balaban J connectivity index is 2.63. The summed E-state index contributed by atoms with van der Waals surface area (Å²) in [6.07, 6.45) is 1.42. The Morgan fingerprint density at radius 3 is 1.94 bits per heavy atom. The van der Waals surface area contributed by atoms with E-state index in [0.29, 0.717) is 12.8 Å². The molecule has 1 saturated carbocycles. The van der Waals surface area contributed by atoms with Crippen LogP contribution in [0.15, 0.2) is 0 Å². The van der Waals surface area contributed by atoms with Gasteiger partial charge < -0.3 is 0 Å². The summed E-state index contributed by atoms with van der Waals surface area (Å²) in [6, 6.07) is 0. The molecule has 0 atom stereocenters. The lowest BCUT2D eigenvalue weighted by molar-refractivity contribution is -0.137. The first-order chi connectivity index (χ1) is 7.17. The topological polar surface area (TPSA) is 34.1 Å². The van der Waals surface area contributed by atoms with Gasteiger partial charge in [0.05, 0.1) is 0 Å². The zero-order chi connectivity index (χ0) is 12.6. The molecule has 0 heterocycles. The van der Waals surface area contributed by atoms with Crippen molar-refractivity contribution >= 4 is 11.6 Å². The number of hydrogen-bond donors (Lipinski definition) is 0. The Kier molecular flexibility index (Phi) is 3.56. The number of rotatable bonds is 2. The summed E-state index contributed by atoms with van der Waals surface area (Å²) in [4.78, 5) is 23.1. The van der Waals surface area contributed by atoms with Crippen molar-refractivity contribution in [3.8, 4) is 0 Å². The summed E-state index contributed by atoms with van der Waals surface area (Å²) in [6.45, 7) is 6.96. The molecule has 1 aliphatic carbocycles. The predicted octanol–water partition coefficient (Wildman–Crippen LogP) is 3.09. The van der Waals surface area contributed by atoms with Crippen LogP contribution in [0.25, 0.3) is 0 Å². The van der Waals surface area contributed by atoms with E-state index in [9.17, 15) is 14.0 Å². The van der Waals surface area contributed by atoms with E-state index in [1.54, 1.807) is 0 Å². The largest absolute Gasteiger partial charge is 0.299 e. The van der Waals surface area contributed by atoms with E-state index in [1.165, 1.54) is 6.92 Å². The zero-order valence-electron chi connectivity index (χ0n) is 10.6. The minimum absolute atomic E-state index is 0.0665. The van der Waals surface area contributed by atoms with Crippen LogP contribution >= 0.6 is 0 Å². The molecule has 0 aromatic carbocycles. The summed E-state index contributed by atoms with van der Waals surface area (Å²) < 4.78 is 14.0. The van der Waals surface area contributed by atoms with E-state index in [1.807, 2.05) is 20.8 Å². The molecular weight excluding hydrogens is 207 g/mol. The van der Waals surface area contributed by atoms with Gasteiger partial charge in [0.2, 0.25) is 0 Å². The standard InChI is InChI=1S/C13H21FO2/c1-9(15)13(14)7-5-10(6-8-13)11(16)12(2,3)4/h10H,5-8H2,1-4H3/t10-,13-. The molecule has 16 heavy (non-hydrogen) atoms. The summed E-state index contributed by atoms with van der Waals surface area (Å²) in [7, 11) is 0. The van der Waals surface area contributed by atoms with Gasteiger partial charge in [-0.3, -0.25) is 9.59 Å². The highest BCUT2D eigenvalue weighted by Gasteiger charge is 2.42. The molecule has 0 aromatic heterocycles. The molecule has 1 rings (SSSR count). The van der Waals surface area contributed by atoms with Gasteiger partial charge in [-0.05, 0) is 32.6 Å². The maximum atomic E-state index is 14.0. The van der Waals surface area contributed by atoms with Gasteiger partial charge in [0.25, 0.3) is 0 Å². The average molecular weight is 228 g/mol. The number of halogens is 1. The summed E-state index contributed by atoms with van der Waals surface area (Å²) in [5.41, 5.74) is -2.04. The second-order valence-corrected chi connectivity index (χ2v) is 5.91. The van der Waals surface area contributed by atoms with Crippen LogP contribution in [0.4, 0.5) is 4.39 Å². The monoisotopic (exact) mass is 228 g/mol. The van der Waals surface area contributed by atoms with Gasteiger partial charge in [-0.2, -0.15) is 0 Å². The van der Waals surface area contributed by atoms with Crippen LogP contribution in [0.1, 0.15) is 53.4 Å². The van der Waals surface area contributed by atoms with Gasteiger partial charge in [-0.1, -0.05) is 20.8 Å². The lowest BCUT2D eigenvalue weighted by Gasteiger charge is -2.34. The highest BCUT2D eigenvalue weighted by molar-refractivity contribution is 5.88. The molecule has 1 aliphatic rings. The van der Waals surface area contributed by atoms with Crippen molar-refractivity contribution in [2.75, 3.05) is 0 Å². The molecule has 0 unspecified atom stereocenters. The second-order valence-electron chi connectivity index (χ2n) is 5.91. The minimum atomic E-state index is -1.67. The number of carbonyl (C=O) groups is 2. The van der Waals surface area contributed by atoms with Crippen LogP contribution in [0, 0.1) is 11.3 Å². The smallest absolute Gasteiger partial charge is 0.168 e. The number of Topliss-reactive ketones (excluding diaryl/α,β-unsaturated/α-hetero) is 2. The lowest BCUT2D eigenvalue weighted by Crippen LogP contribution is -2.40. The fourth-order valence-electron chi connectivity index (χ4n) is 2.30. The third kappa shape index (κ3) is 2.69. The van der Waals surface area contributed by atoms with Gasteiger partial charge in [-0.25, -0.2) is 4.39 Å². The van der Waals surface area contributed by atoms with Gasteiger partial charge in [0, 0.05) is 11.3 Å². The van der Waals surface area contributed by atoms with Crippen LogP contribution in [-0.2, 0) is 9.59 Å². The molecule has 0 N–H and O–H groups in total. The molecule has 0 saturated heterocycles. The first-order valence-corrected chi connectivity index (χ1v) is 5.91. The predicted molar refractivity (Wildman–Crippen MR) is 60.9 cm³/mol. The van der Waals surface area contributed by atoms with E-state index < -0.39 is 11.5 Å². The molecule has 92 valence electrons. The van der Waals surface area contributed by atoms with Crippen LogP contribution in [0.2, 0.25) is 0 Å². The van der Waals surface area contributed by atoms with E-state index in [2.05, 4.69) is 0 Å². The molecule has 3 heteroatoms. The SMILES string of the molecule is CC(=O)[C@]1(F)CC[C@H](C(=O)C(C)(C)C)CC1. The van der Waals surface area contributed by atoms with Crippen molar-refractivity contribution in [2.45, 2.75) is 59.0 Å². The number of carbonyl (C=O) groups excluding carboxylic acids is 2. The fraction of sp³-hybridized carbons (Fsp3) is 0.846. The average Bonchev–Trinajstić information content (AvgIpc) is 2.16. The lowest BCUT2D eigenvalue weighted by atomic mass is 9.72. The number of hydrogen-bond acceptors (Lipinski definition) is 2. The Labute approximate surface area is 96.6 Å². The molecule has 0 aliphatic heterocycles. The number of ketones is 2. The third-order valence-corrected chi connectivity index (χ3v) is 3.52. The first kappa shape index (κ1) is 13.3. The molecule has 0 aromatic rings. The molecule has 0 bridgehead atoms. The second kappa shape index (κ2) is 4.27. The molecule has 1 fully saturated rings. The van der Waals surface area contributed by atoms with Crippen molar-refractivity contribution < 1.29 is 14.0 Å². The van der Waals surface area contributed by atoms with Crippen molar-refractivity contribution in [3.05, 3.63) is 0 Å². The van der Waals surface area contributed by atoms with E-state index in [-0.39, 0.29) is 30.0 Å². The third-order valence-electron chi connectivity index (χ3n) is 3.52. The highest BCUT2D eigenvalue weighted by atomic mass is 19.1. The van der Waals surface area contributed by atoms with Crippen molar-refractivity contribution in [1.29, 1.82) is 0 Å². The van der Waals surface area contributed by atoms with Crippen LogP contribution in [0.3, 0.4) is 0 Å². The van der Waals surface area contributed by atoms with Crippen LogP contribution < -0.4 is 0 Å². The molecule has 2 nitrogen and oxygen atoms in total. The Morgan fingerprint density at radius 1 is 1.19 bits per heavy atom. The summed E-state index contributed by atoms with van der Waals surface area (Å²) in [5.74, 6) is -0.268. The van der Waals surface area contributed by atoms with Crippen LogP contribution in [-0.4, -0.2) is 17.2 Å². The van der Waals surface area contributed by atoms with Crippen molar-refractivity contribution in [1.82, 2.24) is 0 Å². The van der Waals surface area contributed by atoms with Gasteiger partial charge in [0.15, 0.2) is 11.5 Å². The quantitative estimate of drug-likeness (QED) is 0.727. The van der Waals surface area contributed by atoms with E-state index >= 15 is 0 Å². The Morgan fingerprint density at radius 2 is 1.62 bits per heavy atom. The molecule has 0 amide bonds. The summed E-state index contributed by atoms with van der Waals surface area (Å²) >= 11 is 0. The van der Waals surface area contributed by atoms with E-state index in [0.717, 1.165) is 0 Å². The van der Waals surface area contributed by atoms with Gasteiger partial charge in [0.1, 0.15) is 5.78 Å². The normalized spacial score (nSPS) is 31.2. The van der Waals surface area contributed by atoms with E-state index in [4.69, 9.17) is 0 Å². The first-order valence-electron chi connectivity index (χ1n) is 5.91. The Bertz CT molecular complexity index is 294. The van der Waals surface area contributed by atoms with Gasteiger partial charge in [-0.15, -0.1) is 0 Å². The Hall–Kier alpha value is -0.730. The van der Waals surface area contributed by atoms with Crippen molar-refractivity contribution in [3.63, 3.8) is 0 Å². The zero-order valence-corrected chi connectivity index (χ0v) is 10.6. The minimum Gasteiger partial charge on any atom is -0.299 e. The maximum absolute atomic E-state index is 14.0. The molecule has 0 spiro atoms. The summed E-state index contributed by atoms with van der Waals surface area (Å²) in [5, 5.41) is 0. The molecule has 0 radical (unpaired) electrons.